The molecule has 2 aromatic carbocycles. The van der Waals surface area contributed by atoms with Crippen LogP contribution in [0.25, 0.3) is 11.0 Å². The van der Waals surface area contributed by atoms with Crippen LogP contribution in [0, 0.1) is 0 Å². The number of amides is 3. The van der Waals surface area contributed by atoms with Gasteiger partial charge in [0.25, 0.3) is 5.91 Å². The van der Waals surface area contributed by atoms with E-state index in [-0.39, 0.29) is 17.2 Å². The molecule has 2 saturated heterocycles. The van der Waals surface area contributed by atoms with Gasteiger partial charge in [0.2, 0.25) is 0 Å². The fraction of sp³-hybridized carbons (Fsp3) is 0.414. The number of benzene rings is 2. The molecule has 2 aliphatic heterocycles. The van der Waals surface area contributed by atoms with Gasteiger partial charge in [-0.15, -0.1) is 0 Å². The number of hydrogen-bond acceptors (Lipinski definition) is 8. The van der Waals surface area contributed by atoms with E-state index in [0.717, 1.165) is 50.6 Å². The Morgan fingerprint density at radius 3 is 2.17 bits per heavy atom. The lowest BCUT2D eigenvalue weighted by atomic mass is 10.1. The second-order valence-corrected chi connectivity index (χ2v) is 10.4. The number of carbonyl (C=O) groups is 2. The molecule has 0 bridgehead atoms. The highest BCUT2D eigenvalue weighted by atomic mass is 16.5. The number of likely N-dealkylation sites (N-methyl/N-ethyl adjacent to an activating group) is 1. The van der Waals surface area contributed by atoms with Gasteiger partial charge in [-0.05, 0) is 37.4 Å². The van der Waals surface area contributed by atoms with Crippen molar-refractivity contribution in [3.8, 4) is 5.75 Å². The van der Waals surface area contributed by atoms with Crippen LogP contribution in [0.5, 0.6) is 5.75 Å². The number of methoxy groups -OCH3 is 1. The van der Waals surface area contributed by atoms with Crippen LogP contribution in [0.4, 0.5) is 21.9 Å². The molecule has 11 nitrogen and oxygen atoms in total. The molecule has 0 aliphatic carbocycles. The third-order valence-electron chi connectivity index (χ3n) is 7.51. The van der Waals surface area contributed by atoms with Gasteiger partial charge in [0, 0.05) is 90.0 Å². The summed E-state index contributed by atoms with van der Waals surface area (Å²) in [6.07, 6.45) is 0. The zero-order valence-corrected chi connectivity index (χ0v) is 23.5. The highest BCUT2D eigenvalue weighted by Crippen LogP contribution is 2.32. The Morgan fingerprint density at radius 2 is 1.55 bits per heavy atom. The first-order valence-corrected chi connectivity index (χ1v) is 13.5. The molecule has 0 saturated carbocycles. The molecule has 212 valence electrons. The minimum atomic E-state index is -0.497. The molecule has 40 heavy (non-hydrogen) atoms. The molecule has 2 fully saturated rings. The summed E-state index contributed by atoms with van der Waals surface area (Å²) < 4.78 is 11.5. The summed E-state index contributed by atoms with van der Waals surface area (Å²) in [6, 6.07) is 12.3. The van der Waals surface area contributed by atoms with Gasteiger partial charge in [-0.1, -0.05) is 0 Å². The highest BCUT2D eigenvalue weighted by molar-refractivity contribution is 6.03. The van der Waals surface area contributed by atoms with Crippen molar-refractivity contribution in [2.24, 2.45) is 0 Å². The van der Waals surface area contributed by atoms with E-state index in [0.29, 0.717) is 35.5 Å². The van der Waals surface area contributed by atoms with Gasteiger partial charge in [-0.25, -0.2) is 4.79 Å². The van der Waals surface area contributed by atoms with Crippen molar-refractivity contribution >= 4 is 40.0 Å². The summed E-state index contributed by atoms with van der Waals surface area (Å²) in [5.74, 6) is 0.0169. The van der Waals surface area contributed by atoms with E-state index in [1.54, 1.807) is 32.2 Å². The predicted octanol–water partition coefficient (Wildman–Crippen LogP) is 2.61. The predicted molar refractivity (Wildman–Crippen MR) is 156 cm³/mol. The fourth-order valence-corrected chi connectivity index (χ4v) is 5.11. The Kier molecular flexibility index (Phi) is 7.83. The number of carbonyl (C=O) groups excluding carboxylic acids is 2. The first-order valence-electron chi connectivity index (χ1n) is 13.5. The standard InChI is InChI=1S/C29H36N6O5/c1-31(2)29(38)35-15-13-33(14-16-35)21-7-5-20(6-8-21)30-28(37)26-19-25(36)23-17-22(39-4)18-24(27(23)40-26)34-11-9-32(3)10-12-34/h5-8,17-19H,9-16H2,1-4H3,(H,30,37). The number of fused-ring (bicyclic) bond motifs is 1. The number of ether oxygens (including phenoxy) is 1. The first-order chi connectivity index (χ1) is 19.2. The number of piperazine rings is 2. The van der Waals surface area contributed by atoms with Crippen LogP contribution < -0.4 is 25.3 Å². The number of rotatable bonds is 5. The second kappa shape index (κ2) is 11.5. The van der Waals surface area contributed by atoms with E-state index in [1.165, 1.54) is 6.07 Å². The average Bonchev–Trinajstić information content (AvgIpc) is 2.97. The Balaban J connectivity index is 1.32. The van der Waals surface area contributed by atoms with E-state index >= 15 is 0 Å². The summed E-state index contributed by atoms with van der Waals surface area (Å²) in [7, 11) is 7.16. The number of urea groups is 1. The number of anilines is 3. The van der Waals surface area contributed by atoms with Gasteiger partial charge >= 0.3 is 6.03 Å². The molecule has 0 unspecified atom stereocenters. The maximum absolute atomic E-state index is 13.2. The quantitative estimate of drug-likeness (QED) is 0.519. The zero-order chi connectivity index (χ0) is 28.4. The van der Waals surface area contributed by atoms with Crippen molar-refractivity contribution in [2.75, 3.05) is 95.7 Å². The van der Waals surface area contributed by atoms with Gasteiger partial charge < -0.3 is 39.0 Å². The average molecular weight is 549 g/mol. The maximum atomic E-state index is 13.2. The van der Waals surface area contributed by atoms with Crippen LogP contribution in [0.3, 0.4) is 0 Å². The molecule has 1 N–H and O–H groups in total. The van der Waals surface area contributed by atoms with Gasteiger partial charge in [0.1, 0.15) is 5.75 Å². The monoisotopic (exact) mass is 548 g/mol. The van der Waals surface area contributed by atoms with Crippen molar-refractivity contribution in [2.45, 2.75) is 0 Å². The third-order valence-corrected chi connectivity index (χ3v) is 7.51. The van der Waals surface area contributed by atoms with E-state index in [1.807, 2.05) is 35.2 Å². The number of nitrogens with zero attached hydrogens (tertiary/aromatic N) is 5. The van der Waals surface area contributed by atoms with Crippen LogP contribution in [0.2, 0.25) is 0 Å². The first kappa shape index (κ1) is 27.3. The minimum absolute atomic E-state index is 0.0212. The van der Waals surface area contributed by atoms with Crippen molar-refractivity contribution in [3.05, 3.63) is 58.4 Å². The number of nitrogens with one attached hydrogen (secondary N) is 1. The molecule has 1 aromatic heterocycles. The van der Waals surface area contributed by atoms with Gasteiger partial charge in [-0.3, -0.25) is 9.59 Å². The normalized spacial score (nSPS) is 16.2. The topological polar surface area (TPSA) is 102 Å². The Hall–Kier alpha value is -4.25. The molecule has 3 heterocycles. The van der Waals surface area contributed by atoms with E-state index in [9.17, 15) is 14.4 Å². The molecule has 3 amide bonds. The largest absolute Gasteiger partial charge is 0.497 e. The van der Waals surface area contributed by atoms with Crippen molar-refractivity contribution in [1.82, 2.24) is 14.7 Å². The smallest absolute Gasteiger partial charge is 0.319 e. The Labute approximate surface area is 233 Å². The fourth-order valence-electron chi connectivity index (χ4n) is 5.11. The van der Waals surface area contributed by atoms with E-state index in [2.05, 4.69) is 27.1 Å². The Morgan fingerprint density at radius 1 is 0.900 bits per heavy atom. The minimum Gasteiger partial charge on any atom is -0.497 e. The summed E-state index contributed by atoms with van der Waals surface area (Å²) >= 11 is 0. The molecular weight excluding hydrogens is 512 g/mol. The third kappa shape index (κ3) is 5.69. The zero-order valence-electron chi connectivity index (χ0n) is 23.5. The van der Waals surface area contributed by atoms with Gasteiger partial charge in [0.05, 0.1) is 18.2 Å². The molecule has 5 rings (SSSR count). The summed E-state index contributed by atoms with van der Waals surface area (Å²) in [4.78, 5) is 48.5. The summed E-state index contributed by atoms with van der Waals surface area (Å²) in [6.45, 7) is 6.06. The van der Waals surface area contributed by atoms with Crippen LogP contribution in [0.1, 0.15) is 10.6 Å². The summed E-state index contributed by atoms with van der Waals surface area (Å²) in [5.41, 5.74) is 2.42. The van der Waals surface area contributed by atoms with Gasteiger partial charge in [-0.2, -0.15) is 0 Å². The second-order valence-electron chi connectivity index (χ2n) is 10.4. The molecule has 0 spiro atoms. The lowest BCUT2D eigenvalue weighted by Gasteiger charge is -2.37. The van der Waals surface area contributed by atoms with Crippen molar-refractivity contribution in [3.63, 3.8) is 0 Å². The summed E-state index contributed by atoms with van der Waals surface area (Å²) in [5, 5.41) is 3.23. The molecule has 2 aliphatic rings. The van der Waals surface area contributed by atoms with Crippen LogP contribution in [0.15, 0.2) is 51.7 Å². The lowest BCUT2D eigenvalue weighted by molar-refractivity contribution is 0.0997. The van der Waals surface area contributed by atoms with E-state index in [4.69, 9.17) is 9.15 Å². The molecular formula is C29H36N6O5. The van der Waals surface area contributed by atoms with Crippen molar-refractivity contribution in [1.29, 1.82) is 0 Å². The molecule has 11 heteroatoms. The van der Waals surface area contributed by atoms with E-state index < -0.39 is 5.91 Å². The SMILES string of the molecule is COc1cc(N2CCN(C)CC2)c2oc(C(=O)Nc3ccc(N4CCN(C(=O)N(C)C)CC4)cc3)cc(=O)c2c1. The lowest BCUT2D eigenvalue weighted by Crippen LogP contribution is -2.51. The molecule has 0 atom stereocenters. The highest BCUT2D eigenvalue weighted by Gasteiger charge is 2.24. The maximum Gasteiger partial charge on any atom is 0.319 e. The van der Waals surface area contributed by atoms with Crippen molar-refractivity contribution < 1.29 is 18.7 Å². The molecule has 3 aromatic rings. The number of hydrogen-bond donors (Lipinski definition) is 1. The van der Waals surface area contributed by atoms with Gasteiger partial charge in [0.15, 0.2) is 16.8 Å². The van der Waals surface area contributed by atoms with Crippen LogP contribution >= 0.6 is 0 Å². The van der Waals surface area contributed by atoms with Crippen LogP contribution in [-0.2, 0) is 0 Å². The molecule has 0 radical (unpaired) electrons. The Bertz CT molecular complexity index is 1440. The van der Waals surface area contributed by atoms with Crippen LogP contribution in [-0.4, -0.2) is 107 Å².